The Kier molecular flexibility index (Phi) is 7.30. The van der Waals surface area contributed by atoms with Crippen LogP contribution in [-0.2, 0) is 4.79 Å². The molecule has 3 heteroatoms. The van der Waals surface area contributed by atoms with Gasteiger partial charge < -0.3 is 14.6 Å². The fourth-order valence-corrected chi connectivity index (χ4v) is 3.90. The molecule has 160 valence electrons. The predicted molar refractivity (Wildman–Crippen MR) is 133 cm³/mol. The monoisotopic (exact) mass is 412 g/mol. The minimum atomic E-state index is -0.268. The summed E-state index contributed by atoms with van der Waals surface area (Å²) in [6, 6.07) is 27.3. The summed E-state index contributed by atoms with van der Waals surface area (Å²) >= 11 is 0. The Morgan fingerprint density at radius 2 is 1.16 bits per heavy atom. The van der Waals surface area contributed by atoms with Crippen LogP contribution in [0.1, 0.15) is 29.5 Å². The van der Waals surface area contributed by atoms with Crippen LogP contribution in [0.2, 0.25) is 0 Å². The molecule has 0 aliphatic heterocycles. The summed E-state index contributed by atoms with van der Waals surface area (Å²) in [4.78, 5) is 16.5. The molecule has 31 heavy (non-hydrogen) atoms. The van der Waals surface area contributed by atoms with Gasteiger partial charge in [-0.25, -0.2) is 0 Å². The van der Waals surface area contributed by atoms with E-state index in [1.54, 1.807) is 0 Å². The molecule has 0 fully saturated rings. The molecule has 0 saturated heterocycles. The smallest absolute Gasteiger partial charge is 0.127 e. The van der Waals surface area contributed by atoms with Gasteiger partial charge in [0.25, 0.3) is 0 Å². The zero-order chi connectivity index (χ0) is 22.4. The normalized spacial score (nSPS) is 12.5. The lowest BCUT2D eigenvalue weighted by molar-refractivity contribution is -0.110. The molecule has 0 unspecified atom stereocenters. The van der Waals surface area contributed by atoms with E-state index in [9.17, 15) is 4.79 Å². The Balaban J connectivity index is 2.06. The van der Waals surface area contributed by atoms with Gasteiger partial charge in [-0.3, -0.25) is 0 Å². The van der Waals surface area contributed by atoms with Crippen LogP contribution in [0.4, 0.5) is 11.4 Å². The van der Waals surface area contributed by atoms with E-state index in [4.69, 9.17) is 0 Å². The van der Waals surface area contributed by atoms with Crippen LogP contribution in [-0.4, -0.2) is 34.5 Å². The molecular formula is C28H32N2O. The van der Waals surface area contributed by atoms with Crippen molar-refractivity contribution in [2.75, 3.05) is 38.0 Å². The fourth-order valence-electron chi connectivity index (χ4n) is 3.90. The molecule has 0 aliphatic rings. The fraction of sp³-hybridized carbons (Fsp3) is 0.250. The molecule has 0 saturated carbocycles. The van der Waals surface area contributed by atoms with E-state index in [0.29, 0.717) is 0 Å². The Morgan fingerprint density at radius 3 is 1.55 bits per heavy atom. The third-order valence-electron chi connectivity index (χ3n) is 5.75. The van der Waals surface area contributed by atoms with Gasteiger partial charge in [-0.1, -0.05) is 60.7 Å². The first-order chi connectivity index (χ1) is 14.9. The maximum atomic E-state index is 12.3. The predicted octanol–water partition coefficient (Wildman–Crippen LogP) is 5.87. The summed E-state index contributed by atoms with van der Waals surface area (Å²) < 4.78 is 0. The van der Waals surface area contributed by atoms with Gasteiger partial charge in [0.1, 0.15) is 6.29 Å². The van der Waals surface area contributed by atoms with Gasteiger partial charge >= 0.3 is 0 Å². The second-order valence-electron chi connectivity index (χ2n) is 8.38. The van der Waals surface area contributed by atoms with Gasteiger partial charge in [0.05, 0.1) is 0 Å². The van der Waals surface area contributed by atoms with Crippen molar-refractivity contribution >= 4 is 23.2 Å². The third kappa shape index (κ3) is 5.43. The molecule has 0 spiro atoms. The topological polar surface area (TPSA) is 23.6 Å². The number of hydrogen-bond donors (Lipinski definition) is 0. The maximum Gasteiger partial charge on any atom is 0.127 e. The first kappa shape index (κ1) is 22.4. The molecule has 0 radical (unpaired) electrons. The van der Waals surface area contributed by atoms with Crippen molar-refractivity contribution in [3.05, 3.63) is 102 Å². The minimum absolute atomic E-state index is 0.0522. The Hall–Kier alpha value is -3.33. The Labute approximate surface area is 186 Å². The molecule has 3 aromatic rings. The second-order valence-corrected chi connectivity index (χ2v) is 8.38. The van der Waals surface area contributed by atoms with E-state index in [1.807, 2.05) is 46.4 Å². The zero-order valence-corrected chi connectivity index (χ0v) is 19.1. The van der Waals surface area contributed by atoms with Gasteiger partial charge in [0.2, 0.25) is 0 Å². The number of benzene rings is 3. The number of aldehydes is 1. The Morgan fingerprint density at radius 1 is 0.710 bits per heavy atom. The van der Waals surface area contributed by atoms with Crippen LogP contribution in [0.25, 0.3) is 5.57 Å². The number of hydrogen-bond acceptors (Lipinski definition) is 3. The van der Waals surface area contributed by atoms with E-state index in [1.165, 1.54) is 0 Å². The molecule has 3 nitrogen and oxygen atoms in total. The van der Waals surface area contributed by atoms with E-state index >= 15 is 0 Å². The average molecular weight is 413 g/mol. The number of rotatable bonds is 8. The lowest BCUT2D eigenvalue weighted by Crippen LogP contribution is -2.16. The van der Waals surface area contributed by atoms with Gasteiger partial charge in [-0.2, -0.15) is 0 Å². The van der Waals surface area contributed by atoms with Crippen LogP contribution in [0.3, 0.4) is 0 Å². The van der Waals surface area contributed by atoms with Crippen LogP contribution in [0.5, 0.6) is 0 Å². The number of anilines is 2. The van der Waals surface area contributed by atoms with Gasteiger partial charge in [0.15, 0.2) is 0 Å². The number of carbonyl (C=O) groups is 1. The Bertz CT molecular complexity index is 952. The zero-order valence-electron chi connectivity index (χ0n) is 19.1. The lowest BCUT2D eigenvalue weighted by Gasteiger charge is -2.24. The van der Waals surface area contributed by atoms with Crippen molar-refractivity contribution in [2.24, 2.45) is 5.92 Å². The summed E-state index contributed by atoms with van der Waals surface area (Å²) in [5, 5.41) is 0. The SMILES string of the molecule is C/C(=C\[C@@H](C=O)C(c1ccc(N(C)C)cc1)c1ccc(N(C)C)cc1)c1ccccc1. The molecule has 0 aromatic heterocycles. The molecule has 0 amide bonds. The van der Waals surface area contributed by atoms with Gasteiger partial charge in [-0.15, -0.1) is 0 Å². The van der Waals surface area contributed by atoms with E-state index < -0.39 is 0 Å². The van der Waals surface area contributed by atoms with Crippen molar-refractivity contribution in [3.63, 3.8) is 0 Å². The van der Waals surface area contributed by atoms with Crippen molar-refractivity contribution in [1.29, 1.82) is 0 Å². The average Bonchev–Trinajstić information content (AvgIpc) is 2.79. The first-order valence-corrected chi connectivity index (χ1v) is 10.6. The maximum absolute atomic E-state index is 12.3. The highest BCUT2D eigenvalue weighted by Gasteiger charge is 2.24. The molecular weight excluding hydrogens is 380 g/mol. The van der Waals surface area contributed by atoms with Crippen LogP contribution < -0.4 is 9.80 Å². The highest BCUT2D eigenvalue weighted by atomic mass is 16.1. The molecule has 0 heterocycles. The lowest BCUT2D eigenvalue weighted by atomic mass is 9.80. The van der Waals surface area contributed by atoms with E-state index in [0.717, 1.165) is 39.9 Å². The highest BCUT2D eigenvalue weighted by Crippen LogP contribution is 2.35. The molecule has 0 aliphatic carbocycles. The number of nitrogens with zero attached hydrogens (tertiary/aromatic N) is 2. The summed E-state index contributed by atoms with van der Waals surface area (Å²) in [6.45, 7) is 2.08. The van der Waals surface area contributed by atoms with Crippen molar-refractivity contribution in [2.45, 2.75) is 12.8 Å². The summed E-state index contributed by atoms with van der Waals surface area (Å²) in [5.74, 6) is -0.320. The highest BCUT2D eigenvalue weighted by molar-refractivity contribution is 5.71. The van der Waals surface area contributed by atoms with Gasteiger partial charge in [0, 0.05) is 51.4 Å². The summed E-state index contributed by atoms with van der Waals surface area (Å²) in [5.41, 5.74) is 6.81. The quantitative estimate of drug-likeness (QED) is 0.432. The molecule has 0 N–H and O–H groups in total. The van der Waals surface area contributed by atoms with Crippen LogP contribution in [0.15, 0.2) is 84.9 Å². The van der Waals surface area contributed by atoms with Crippen molar-refractivity contribution < 1.29 is 4.79 Å². The van der Waals surface area contributed by atoms with Crippen LogP contribution >= 0.6 is 0 Å². The van der Waals surface area contributed by atoms with Gasteiger partial charge in [-0.05, 0) is 53.5 Å². The van der Waals surface area contributed by atoms with E-state index in [-0.39, 0.29) is 11.8 Å². The number of carbonyl (C=O) groups excluding carboxylic acids is 1. The minimum Gasteiger partial charge on any atom is -0.378 e. The molecule has 0 bridgehead atoms. The molecule has 3 rings (SSSR count). The summed E-state index contributed by atoms with van der Waals surface area (Å²) in [7, 11) is 8.14. The molecule has 3 aromatic carbocycles. The summed E-state index contributed by atoms with van der Waals surface area (Å²) in [6.07, 6.45) is 3.18. The number of allylic oxidation sites excluding steroid dienone is 2. The standard InChI is InChI=1S/C28H32N2O/c1-21(22-9-7-6-8-10-22)19-25(20-31)28(23-11-15-26(16-12-23)29(2)3)24-13-17-27(18-14-24)30(4)5/h6-20,25,28H,1-5H3/b21-19+/t25-/m0/s1. The third-order valence-corrected chi connectivity index (χ3v) is 5.75. The van der Waals surface area contributed by atoms with Crippen molar-refractivity contribution in [1.82, 2.24) is 0 Å². The molecule has 1 atom stereocenters. The van der Waals surface area contributed by atoms with Crippen LogP contribution in [0, 0.1) is 5.92 Å². The second kappa shape index (κ2) is 10.1. The first-order valence-electron chi connectivity index (χ1n) is 10.6. The van der Waals surface area contributed by atoms with Crippen molar-refractivity contribution in [3.8, 4) is 0 Å². The van der Waals surface area contributed by atoms with E-state index in [2.05, 4.69) is 83.5 Å². The largest absolute Gasteiger partial charge is 0.378 e.